The van der Waals surface area contributed by atoms with Gasteiger partial charge in [0.2, 0.25) is 0 Å². The van der Waals surface area contributed by atoms with Gasteiger partial charge in [-0.25, -0.2) is 4.99 Å². The topological polar surface area (TPSA) is 94.0 Å². The molecule has 0 radical (unpaired) electrons. The number of hydrogen-bond donors (Lipinski definition) is 1. The van der Waals surface area contributed by atoms with Crippen molar-refractivity contribution in [2.24, 2.45) is 10.7 Å². The van der Waals surface area contributed by atoms with Crippen LogP contribution in [0, 0.1) is 10.1 Å². The number of hydrogen-bond acceptors (Lipinski definition) is 4. The molecule has 0 aliphatic carbocycles. The highest BCUT2D eigenvalue weighted by atomic mass is 16.6. The van der Waals surface area contributed by atoms with Gasteiger partial charge in [0.25, 0.3) is 5.69 Å². The van der Waals surface area contributed by atoms with Gasteiger partial charge in [-0.3, -0.25) is 10.1 Å². The molecule has 18 heavy (non-hydrogen) atoms. The summed E-state index contributed by atoms with van der Waals surface area (Å²) < 4.78 is 5.13. The zero-order chi connectivity index (χ0) is 13.7. The third-order valence-corrected chi connectivity index (χ3v) is 2.34. The first-order valence-corrected chi connectivity index (χ1v) is 5.24. The number of nitro groups is 1. The first-order chi connectivity index (χ1) is 8.45. The summed E-state index contributed by atoms with van der Waals surface area (Å²) in [6.45, 7) is 0.231. The van der Waals surface area contributed by atoms with E-state index in [0.29, 0.717) is 17.3 Å². The van der Waals surface area contributed by atoms with Gasteiger partial charge in [-0.15, -0.1) is 0 Å². The van der Waals surface area contributed by atoms with Gasteiger partial charge in [0.1, 0.15) is 5.75 Å². The number of ether oxygens (including phenoxy) is 1. The predicted octanol–water partition coefficient (Wildman–Crippen LogP) is 0.980. The summed E-state index contributed by atoms with van der Waals surface area (Å²) in [4.78, 5) is 16.0. The van der Waals surface area contributed by atoms with Crippen LogP contribution in [0.4, 0.5) is 5.69 Å². The molecule has 0 saturated carbocycles. The summed E-state index contributed by atoms with van der Waals surface area (Å²) in [5.41, 5.74) is 6.28. The summed E-state index contributed by atoms with van der Waals surface area (Å²) in [7, 11) is 5.04. The summed E-state index contributed by atoms with van der Waals surface area (Å²) in [6.07, 6.45) is 0. The molecule has 0 fully saturated rings. The molecule has 1 rings (SSSR count). The van der Waals surface area contributed by atoms with Gasteiger partial charge >= 0.3 is 0 Å². The molecule has 0 aromatic heterocycles. The predicted molar refractivity (Wildman–Crippen MR) is 68.7 cm³/mol. The fraction of sp³-hybridized carbons (Fsp3) is 0.364. The van der Waals surface area contributed by atoms with E-state index in [1.54, 1.807) is 25.1 Å². The van der Waals surface area contributed by atoms with E-state index in [0.717, 1.165) is 0 Å². The molecule has 7 heteroatoms. The maximum absolute atomic E-state index is 10.7. The van der Waals surface area contributed by atoms with Crippen molar-refractivity contribution < 1.29 is 9.66 Å². The van der Waals surface area contributed by atoms with Crippen molar-refractivity contribution in [3.05, 3.63) is 33.9 Å². The van der Waals surface area contributed by atoms with E-state index in [-0.39, 0.29) is 12.2 Å². The minimum atomic E-state index is -0.456. The lowest BCUT2D eigenvalue weighted by molar-refractivity contribution is -0.384. The fourth-order valence-electron chi connectivity index (χ4n) is 1.31. The zero-order valence-corrected chi connectivity index (χ0v) is 10.6. The van der Waals surface area contributed by atoms with Crippen LogP contribution in [0.5, 0.6) is 5.75 Å². The molecule has 0 spiro atoms. The van der Waals surface area contributed by atoms with Crippen LogP contribution in [0.2, 0.25) is 0 Å². The lowest BCUT2D eigenvalue weighted by atomic mass is 10.2. The number of rotatable bonds is 4. The second-order valence-corrected chi connectivity index (χ2v) is 3.82. The average molecular weight is 252 g/mol. The van der Waals surface area contributed by atoms with Crippen LogP contribution in [-0.4, -0.2) is 37.0 Å². The Bertz CT molecular complexity index is 471. The number of benzene rings is 1. The van der Waals surface area contributed by atoms with Crippen LogP contribution in [0.3, 0.4) is 0 Å². The maximum atomic E-state index is 10.7. The molecule has 0 saturated heterocycles. The van der Waals surface area contributed by atoms with E-state index >= 15 is 0 Å². The first kappa shape index (κ1) is 13.8. The molecule has 0 amide bonds. The summed E-state index contributed by atoms with van der Waals surface area (Å²) in [6, 6.07) is 4.38. The highest BCUT2D eigenvalue weighted by Crippen LogP contribution is 2.24. The van der Waals surface area contributed by atoms with Gasteiger partial charge in [-0.05, 0) is 6.07 Å². The first-order valence-electron chi connectivity index (χ1n) is 5.24. The Hall–Kier alpha value is -2.31. The molecular formula is C11H16N4O3. The Labute approximate surface area is 105 Å². The van der Waals surface area contributed by atoms with E-state index in [4.69, 9.17) is 10.5 Å². The van der Waals surface area contributed by atoms with Gasteiger partial charge in [0.05, 0.1) is 18.6 Å². The van der Waals surface area contributed by atoms with Crippen LogP contribution in [0.25, 0.3) is 0 Å². The SMILES string of the molecule is COc1ccc([N+](=O)[O-])cc1CN=C(N)N(C)C. The van der Waals surface area contributed by atoms with Crippen molar-refractivity contribution in [3.63, 3.8) is 0 Å². The van der Waals surface area contributed by atoms with Crippen LogP contribution in [0.1, 0.15) is 5.56 Å². The van der Waals surface area contributed by atoms with Crippen molar-refractivity contribution >= 4 is 11.6 Å². The van der Waals surface area contributed by atoms with Crippen molar-refractivity contribution in [2.75, 3.05) is 21.2 Å². The van der Waals surface area contributed by atoms with Crippen LogP contribution >= 0.6 is 0 Å². The Morgan fingerprint density at radius 3 is 2.72 bits per heavy atom. The summed E-state index contributed by atoms with van der Waals surface area (Å²) in [5, 5.41) is 10.7. The number of nitro benzene ring substituents is 1. The number of aliphatic imine (C=N–C) groups is 1. The van der Waals surface area contributed by atoms with Gasteiger partial charge in [-0.1, -0.05) is 0 Å². The normalized spacial score (nSPS) is 11.2. The lowest BCUT2D eigenvalue weighted by Crippen LogP contribution is -2.30. The Balaban J connectivity index is 3.02. The molecule has 0 unspecified atom stereocenters. The smallest absolute Gasteiger partial charge is 0.270 e. The van der Waals surface area contributed by atoms with Crippen LogP contribution in [0.15, 0.2) is 23.2 Å². The third kappa shape index (κ3) is 3.34. The minimum Gasteiger partial charge on any atom is -0.496 e. The largest absolute Gasteiger partial charge is 0.496 e. The maximum Gasteiger partial charge on any atom is 0.270 e. The summed E-state index contributed by atoms with van der Waals surface area (Å²) >= 11 is 0. The van der Waals surface area contributed by atoms with Crippen LogP contribution in [-0.2, 0) is 6.54 Å². The van der Waals surface area contributed by atoms with Crippen molar-refractivity contribution in [1.82, 2.24) is 4.90 Å². The Morgan fingerprint density at radius 2 is 2.22 bits per heavy atom. The lowest BCUT2D eigenvalue weighted by Gasteiger charge is -2.11. The minimum absolute atomic E-state index is 0.00410. The Kier molecular flexibility index (Phi) is 4.47. The van der Waals surface area contributed by atoms with E-state index in [1.807, 2.05) is 0 Å². The van der Waals surface area contributed by atoms with Crippen LogP contribution < -0.4 is 10.5 Å². The van der Waals surface area contributed by atoms with Gasteiger partial charge in [-0.2, -0.15) is 0 Å². The zero-order valence-electron chi connectivity index (χ0n) is 10.6. The fourth-order valence-corrected chi connectivity index (χ4v) is 1.31. The third-order valence-electron chi connectivity index (χ3n) is 2.34. The molecule has 0 heterocycles. The molecule has 0 bridgehead atoms. The van der Waals surface area contributed by atoms with Gasteiger partial charge < -0.3 is 15.4 Å². The van der Waals surface area contributed by atoms with Crippen molar-refractivity contribution in [3.8, 4) is 5.75 Å². The van der Waals surface area contributed by atoms with Gasteiger partial charge in [0, 0.05) is 31.8 Å². The second kappa shape index (κ2) is 5.85. The van der Waals surface area contributed by atoms with E-state index < -0.39 is 4.92 Å². The molecule has 98 valence electrons. The molecule has 7 nitrogen and oxygen atoms in total. The highest BCUT2D eigenvalue weighted by Gasteiger charge is 2.11. The number of nitrogens with two attached hydrogens (primary N) is 1. The molecular weight excluding hydrogens is 236 g/mol. The standard InChI is InChI=1S/C11H16N4O3/c1-14(2)11(12)13-7-8-6-9(15(16)17)4-5-10(8)18-3/h4-6H,7H2,1-3H3,(H2,12,13). The highest BCUT2D eigenvalue weighted by molar-refractivity contribution is 5.77. The van der Waals surface area contributed by atoms with Gasteiger partial charge in [0.15, 0.2) is 5.96 Å². The number of guanidine groups is 1. The quantitative estimate of drug-likeness (QED) is 0.373. The molecule has 0 aliphatic heterocycles. The molecule has 0 atom stereocenters. The Morgan fingerprint density at radius 1 is 1.56 bits per heavy atom. The number of non-ortho nitro benzene ring substituents is 1. The molecule has 1 aromatic rings. The molecule has 0 aliphatic rings. The number of nitrogens with zero attached hydrogens (tertiary/aromatic N) is 3. The van der Waals surface area contributed by atoms with E-state index in [1.165, 1.54) is 19.2 Å². The molecule has 1 aromatic carbocycles. The monoisotopic (exact) mass is 252 g/mol. The van der Waals surface area contributed by atoms with E-state index in [2.05, 4.69) is 4.99 Å². The molecule has 2 N–H and O–H groups in total. The second-order valence-electron chi connectivity index (χ2n) is 3.82. The van der Waals surface area contributed by atoms with Crippen molar-refractivity contribution in [2.45, 2.75) is 6.54 Å². The van der Waals surface area contributed by atoms with E-state index in [9.17, 15) is 10.1 Å². The van der Waals surface area contributed by atoms with Crippen molar-refractivity contribution in [1.29, 1.82) is 0 Å². The average Bonchev–Trinajstić information content (AvgIpc) is 2.35. The number of methoxy groups -OCH3 is 1. The summed E-state index contributed by atoms with van der Waals surface area (Å²) in [5.74, 6) is 0.902.